The van der Waals surface area contributed by atoms with E-state index in [-0.39, 0.29) is 0 Å². The Labute approximate surface area is 97.3 Å². The first-order chi connectivity index (χ1) is 7.66. The zero-order chi connectivity index (χ0) is 11.5. The lowest BCUT2D eigenvalue weighted by Gasteiger charge is -2.35. The number of aryl methyl sites for hydroxylation is 1. The number of hydrogen-bond acceptors (Lipinski definition) is 4. The predicted octanol–water partition coefficient (Wildman–Crippen LogP) is 1.32. The number of rotatable bonds is 2. The molecular formula is C12H20N4. The van der Waals surface area contributed by atoms with Gasteiger partial charge in [-0.25, -0.2) is 9.97 Å². The summed E-state index contributed by atoms with van der Waals surface area (Å²) in [4.78, 5) is 13.4. The van der Waals surface area contributed by atoms with Crippen molar-refractivity contribution in [2.45, 2.75) is 25.8 Å². The van der Waals surface area contributed by atoms with Crippen LogP contribution in [-0.2, 0) is 0 Å². The van der Waals surface area contributed by atoms with E-state index in [1.165, 1.54) is 12.8 Å². The summed E-state index contributed by atoms with van der Waals surface area (Å²) in [5.74, 6) is 0.886. The molecule has 1 aliphatic heterocycles. The van der Waals surface area contributed by atoms with Gasteiger partial charge in [-0.3, -0.25) is 0 Å². The Kier molecular flexibility index (Phi) is 3.39. The maximum absolute atomic E-state index is 4.47. The van der Waals surface area contributed by atoms with Crippen LogP contribution in [0.3, 0.4) is 0 Å². The van der Waals surface area contributed by atoms with Gasteiger partial charge in [0.25, 0.3) is 0 Å². The average molecular weight is 220 g/mol. The van der Waals surface area contributed by atoms with Crippen molar-refractivity contribution >= 4 is 5.95 Å². The van der Waals surface area contributed by atoms with Crippen LogP contribution in [0.15, 0.2) is 12.3 Å². The molecule has 2 rings (SSSR count). The molecule has 0 N–H and O–H groups in total. The predicted molar refractivity (Wildman–Crippen MR) is 65.7 cm³/mol. The summed E-state index contributed by atoms with van der Waals surface area (Å²) < 4.78 is 0. The van der Waals surface area contributed by atoms with Crippen LogP contribution >= 0.6 is 0 Å². The van der Waals surface area contributed by atoms with Gasteiger partial charge >= 0.3 is 0 Å². The van der Waals surface area contributed by atoms with Gasteiger partial charge < -0.3 is 9.80 Å². The van der Waals surface area contributed by atoms with Crippen molar-refractivity contribution in [1.29, 1.82) is 0 Å². The van der Waals surface area contributed by atoms with E-state index in [1.807, 2.05) is 19.2 Å². The van der Waals surface area contributed by atoms with Crippen molar-refractivity contribution in [2.75, 3.05) is 32.1 Å². The molecule has 0 saturated carbocycles. The molecule has 16 heavy (non-hydrogen) atoms. The van der Waals surface area contributed by atoms with Gasteiger partial charge in [-0.1, -0.05) is 0 Å². The van der Waals surface area contributed by atoms with Gasteiger partial charge in [0.1, 0.15) is 0 Å². The second-order valence-corrected chi connectivity index (χ2v) is 4.68. The summed E-state index contributed by atoms with van der Waals surface area (Å²) >= 11 is 0. The van der Waals surface area contributed by atoms with Crippen molar-refractivity contribution < 1.29 is 0 Å². The highest BCUT2D eigenvalue weighted by Crippen LogP contribution is 2.18. The van der Waals surface area contributed by atoms with Gasteiger partial charge in [-0.2, -0.15) is 0 Å². The van der Waals surface area contributed by atoms with Crippen LogP contribution in [0.4, 0.5) is 5.95 Å². The SMILES string of the molecule is Cc1ccnc(N2CCC(N(C)C)CC2)n1. The summed E-state index contributed by atoms with van der Waals surface area (Å²) in [7, 11) is 4.31. The van der Waals surface area contributed by atoms with Crippen LogP contribution in [-0.4, -0.2) is 48.1 Å². The first-order valence-electron chi connectivity index (χ1n) is 5.88. The Hall–Kier alpha value is -1.16. The van der Waals surface area contributed by atoms with Crippen LogP contribution in [0, 0.1) is 6.92 Å². The molecule has 0 amide bonds. The van der Waals surface area contributed by atoms with Crippen molar-refractivity contribution in [3.8, 4) is 0 Å². The highest BCUT2D eigenvalue weighted by atomic mass is 15.3. The third kappa shape index (κ3) is 2.50. The molecule has 1 aromatic heterocycles. The van der Waals surface area contributed by atoms with E-state index in [2.05, 4.69) is 33.9 Å². The van der Waals surface area contributed by atoms with E-state index in [4.69, 9.17) is 0 Å². The quantitative estimate of drug-likeness (QED) is 0.752. The Morgan fingerprint density at radius 1 is 1.31 bits per heavy atom. The van der Waals surface area contributed by atoms with E-state index in [1.54, 1.807) is 0 Å². The highest BCUT2D eigenvalue weighted by molar-refractivity contribution is 5.30. The average Bonchev–Trinajstić information content (AvgIpc) is 2.29. The van der Waals surface area contributed by atoms with Gasteiger partial charge in [0.05, 0.1) is 0 Å². The van der Waals surface area contributed by atoms with Crippen LogP contribution in [0.5, 0.6) is 0 Å². The fraction of sp³-hybridized carbons (Fsp3) is 0.667. The molecular weight excluding hydrogens is 200 g/mol. The Balaban J connectivity index is 1.99. The molecule has 88 valence electrons. The molecule has 4 nitrogen and oxygen atoms in total. The normalized spacial score (nSPS) is 18.1. The molecule has 1 fully saturated rings. The van der Waals surface area contributed by atoms with Crippen LogP contribution in [0.1, 0.15) is 18.5 Å². The van der Waals surface area contributed by atoms with Crippen molar-refractivity contribution in [1.82, 2.24) is 14.9 Å². The van der Waals surface area contributed by atoms with Gasteiger partial charge in [0.2, 0.25) is 5.95 Å². The molecule has 1 saturated heterocycles. The maximum Gasteiger partial charge on any atom is 0.225 e. The zero-order valence-corrected chi connectivity index (χ0v) is 10.3. The number of hydrogen-bond donors (Lipinski definition) is 0. The van der Waals surface area contributed by atoms with Crippen molar-refractivity contribution in [2.24, 2.45) is 0 Å². The van der Waals surface area contributed by atoms with Crippen LogP contribution in [0.2, 0.25) is 0 Å². The number of aromatic nitrogens is 2. The van der Waals surface area contributed by atoms with Gasteiger partial charge in [-0.05, 0) is 39.9 Å². The van der Waals surface area contributed by atoms with E-state index in [0.717, 1.165) is 24.7 Å². The van der Waals surface area contributed by atoms with Gasteiger partial charge in [0, 0.05) is 31.0 Å². The Morgan fingerprint density at radius 3 is 2.56 bits per heavy atom. The summed E-state index contributed by atoms with van der Waals surface area (Å²) in [6.45, 7) is 4.14. The van der Waals surface area contributed by atoms with Crippen molar-refractivity contribution in [3.63, 3.8) is 0 Å². The fourth-order valence-corrected chi connectivity index (χ4v) is 2.17. The molecule has 0 atom stereocenters. The molecule has 0 spiro atoms. The number of piperidine rings is 1. The van der Waals surface area contributed by atoms with Gasteiger partial charge in [0.15, 0.2) is 0 Å². The minimum atomic E-state index is 0.709. The van der Waals surface area contributed by atoms with E-state index < -0.39 is 0 Å². The molecule has 2 heterocycles. The highest BCUT2D eigenvalue weighted by Gasteiger charge is 2.21. The Morgan fingerprint density at radius 2 is 2.00 bits per heavy atom. The van der Waals surface area contributed by atoms with E-state index >= 15 is 0 Å². The van der Waals surface area contributed by atoms with E-state index in [0.29, 0.717) is 6.04 Å². The fourth-order valence-electron chi connectivity index (χ4n) is 2.17. The van der Waals surface area contributed by atoms with E-state index in [9.17, 15) is 0 Å². The third-order valence-electron chi connectivity index (χ3n) is 3.26. The molecule has 0 radical (unpaired) electrons. The number of nitrogens with zero attached hydrogens (tertiary/aromatic N) is 4. The number of anilines is 1. The zero-order valence-electron chi connectivity index (χ0n) is 10.3. The minimum absolute atomic E-state index is 0.709. The first kappa shape index (κ1) is 11.3. The first-order valence-corrected chi connectivity index (χ1v) is 5.88. The monoisotopic (exact) mass is 220 g/mol. The summed E-state index contributed by atoms with van der Waals surface area (Å²) in [6, 6.07) is 2.65. The minimum Gasteiger partial charge on any atom is -0.341 e. The lowest BCUT2D eigenvalue weighted by atomic mass is 10.0. The molecule has 4 heteroatoms. The maximum atomic E-state index is 4.47. The second kappa shape index (κ2) is 4.78. The van der Waals surface area contributed by atoms with Crippen LogP contribution < -0.4 is 4.90 Å². The molecule has 1 aromatic rings. The summed E-state index contributed by atoms with van der Waals surface area (Å²) in [5, 5.41) is 0. The van der Waals surface area contributed by atoms with Crippen LogP contribution in [0.25, 0.3) is 0 Å². The molecule has 1 aliphatic rings. The lowest BCUT2D eigenvalue weighted by molar-refractivity contribution is 0.249. The standard InChI is InChI=1S/C12H20N4/c1-10-4-7-13-12(14-10)16-8-5-11(6-9-16)15(2)3/h4,7,11H,5-6,8-9H2,1-3H3. The molecule has 0 aromatic carbocycles. The lowest BCUT2D eigenvalue weighted by Crippen LogP contribution is -2.42. The summed E-state index contributed by atoms with van der Waals surface area (Å²) in [6.07, 6.45) is 4.24. The van der Waals surface area contributed by atoms with Gasteiger partial charge in [-0.15, -0.1) is 0 Å². The largest absolute Gasteiger partial charge is 0.341 e. The second-order valence-electron chi connectivity index (χ2n) is 4.68. The molecule has 0 aliphatic carbocycles. The van der Waals surface area contributed by atoms with Crippen molar-refractivity contribution in [3.05, 3.63) is 18.0 Å². The topological polar surface area (TPSA) is 32.3 Å². The molecule has 0 bridgehead atoms. The summed E-state index contributed by atoms with van der Waals surface area (Å²) in [5.41, 5.74) is 1.04. The third-order valence-corrected chi connectivity index (χ3v) is 3.26. The molecule has 0 unspecified atom stereocenters. The smallest absolute Gasteiger partial charge is 0.225 e. The Bertz CT molecular complexity index is 343.